The van der Waals surface area contributed by atoms with Crippen molar-refractivity contribution in [2.75, 3.05) is 0 Å². The summed E-state index contributed by atoms with van der Waals surface area (Å²) in [6.45, 7) is 6.04. The van der Waals surface area contributed by atoms with Crippen LogP contribution in [0.1, 0.15) is 46.5 Å². The first-order valence-corrected chi connectivity index (χ1v) is 4.52. The number of hydrogen-bond donors (Lipinski definition) is 1. The SMILES string of the molecule is CC.CCCC1CC(F)(F)C1.N. The second-order valence-electron chi connectivity index (χ2n) is 2.92. The molecule has 3 N–H and O–H groups in total. The Balaban J connectivity index is 0. The second-order valence-corrected chi connectivity index (χ2v) is 2.92. The third kappa shape index (κ3) is 4.65. The molecule has 12 heavy (non-hydrogen) atoms. The van der Waals surface area contributed by atoms with Crippen LogP contribution in [0.5, 0.6) is 0 Å². The number of hydrogen-bond acceptors (Lipinski definition) is 1. The molecule has 0 saturated heterocycles. The van der Waals surface area contributed by atoms with E-state index in [1.807, 2.05) is 20.8 Å². The van der Waals surface area contributed by atoms with E-state index >= 15 is 0 Å². The lowest BCUT2D eigenvalue weighted by Gasteiger charge is -2.34. The summed E-state index contributed by atoms with van der Waals surface area (Å²) < 4.78 is 24.2. The second kappa shape index (κ2) is 6.35. The molecule has 1 saturated carbocycles. The zero-order chi connectivity index (χ0) is 8.91. The van der Waals surface area contributed by atoms with E-state index in [9.17, 15) is 8.78 Å². The molecule has 0 aromatic carbocycles. The summed E-state index contributed by atoms with van der Waals surface area (Å²) >= 11 is 0. The maximum atomic E-state index is 12.1. The van der Waals surface area contributed by atoms with Gasteiger partial charge in [-0.1, -0.05) is 33.6 Å². The summed E-state index contributed by atoms with van der Waals surface area (Å²) in [5.74, 6) is -1.98. The highest BCUT2D eigenvalue weighted by Gasteiger charge is 2.44. The third-order valence-corrected chi connectivity index (χ3v) is 1.87. The first-order valence-electron chi connectivity index (χ1n) is 4.52. The first kappa shape index (κ1) is 14.3. The number of halogens is 2. The molecule has 1 aliphatic rings. The zero-order valence-electron chi connectivity index (χ0n) is 8.37. The fourth-order valence-electron chi connectivity index (χ4n) is 1.40. The quantitative estimate of drug-likeness (QED) is 0.686. The van der Waals surface area contributed by atoms with E-state index in [1.54, 1.807) is 0 Å². The molecule has 0 atom stereocenters. The van der Waals surface area contributed by atoms with Crippen molar-refractivity contribution in [1.29, 1.82) is 0 Å². The van der Waals surface area contributed by atoms with E-state index in [2.05, 4.69) is 0 Å². The van der Waals surface area contributed by atoms with Crippen LogP contribution in [0.25, 0.3) is 0 Å². The molecule has 0 radical (unpaired) electrons. The molecular formula is C9H21F2N. The first-order chi connectivity index (χ1) is 5.14. The van der Waals surface area contributed by atoms with Gasteiger partial charge in [0, 0.05) is 12.8 Å². The van der Waals surface area contributed by atoms with Gasteiger partial charge in [-0.2, -0.15) is 0 Å². The van der Waals surface area contributed by atoms with Gasteiger partial charge in [-0.15, -0.1) is 0 Å². The van der Waals surface area contributed by atoms with Gasteiger partial charge in [0.25, 0.3) is 0 Å². The van der Waals surface area contributed by atoms with E-state index in [4.69, 9.17) is 0 Å². The number of alkyl halides is 2. The van der Waals surface area contributed by atoms with E-state index < -0.39 is 5.92 Å². The largest absolute Gasteiger partial charge is 0.344 e. The van der Waals surface area contributed by atoms with E-state index in [1.165, 1.54) is 0 Å². The third-order valence-electron chi connectivity index (χ3n) is 1.87. The Labute approximate surface area is 74.1 Å². The van der Waals surface area contributed by atoms with Crippen LogP contribution >= 0.6 is 0 Å². The predicted molar refractivity (Wildman–Crippen MR) is 48.9 cm³/mol. The maximum absolute atomic E-state index is 12.1. The van der Waals surface area contributed by atoms with Gasteiger partial charge in [0.05, 0.1) is 0 Å². The van der Waals surface area contributed by atoms with Crippen LogP contribution in [-0.4, -0.2) is 5.92 Å². The minimum Gasteiger partial charge on any atom is -0.344 e. The normalized spacial score (nSPS) is 19.8. The van der Waals surface area contributed by atoms with Gasteiger partial charge in [-0.05, 0) is 5.92 Å². The van der Waals surface area contributed by atoms with Crippen LogP contribution in [0, 0.1) is 5.92 Å². The van der Waals surface area contributed by atoms with Crippen molar-refractivity contribution in [3.8, 4) is 0 Å². The van der Waals surface area contributed by atoms with Crippen LogP contribution < -0.4 is 6.15 Å². The van der Waals surface area contributed by atoms with Crippen molar-refractivity contribution in [2.24, 2.45) is 5.92 Å². The highest BCUT2D eigenvalue weighted by Crippen LogP contribution is 2.44. The van der Waals surface area contributed by atoms with E-state index in [0.29, 0.717) is 5.92 Å². The fraction of sp³-hybridized carbons (Fsp3) is 1.00. The molecule has 0 amide bonds. The summed E-state index contributed by atoms with van der Waals surface area (Å²) in [7, 11) is 0. The molecule has 0 aromatic heterocycles. The predicted octanol–water partition coefficient (Wildman–Crippen LogP) is 4.02. The molecule has 1 rings (SSSR count). The van der Waals surface area contributed by atoms with Crippen LogP contribution in [0.4, 0.5) is 8.78 Å². The minimum absolute atomic E-state index is 0. The molecule has 0 heterocycles. The Hall–Kier alpha value is -0.180. The van der Waals surface area contributed by atoms with Crippen molar-refractivity contribution in [3.05, 3.63) is 0 Å². The van der Waals surface area contributed by atoms with Gasteiger partial charge in [-0.25, -0.2) is 8.78 Å². The Morgan fingerprint density at radius 1 is 1.25 bits per heavy atom. The number of rotatable bonds is 2. The monoisotopic (exact) mass is 181 g/mol. The van der Waals surface area contributed by atoms with Crippen LogP contribution in [0.15, 0.2) is 0 Å². The Morgan fingerprint density at radius 2 is 1.67 bits per heavy atom. The molecule has 76 valence electrons. The van der Waals surface area contributed by atoms with Gasteiger partial charge >= 0.3 is 0 Å². The van der Waals surface area contributed by atoms with Crippen molar-refractivity contribution in [2.45, 2.75) is 52.4 Å². The highest BCUT2D eigenvalue weighted by molar-refractivity contribution is 4.85. The summed E-state index contributed by atoms with van der Waals surface area (Å²) in [6, 6.07) is 0. The van der Waals surface area contributed by atoms with Crippen LogP contribution in [0.3, 0.4) is 0 Å². The molecule has 0 aliphatic heterocycles. The molecule has 0 bridgehead atoms. The molecule has 1 aliphatic carbocycles. The smallest absolute Gasteiger partial charge is 0.248 e. The Kier molecular flexibility index (Phi) is 7.59. The highest BCUT2D eigenvalue weighted by atomic mass is 19.3. The molecule has 0 aromatic rings. The van der Waals surface area contributed by atoms with Crippen LogP contribution in [-0.2, 0) is 0 Å². The summed E-state index contributed by atoms with van der Waals surface area (Å²) in [5, 5.41) is 0. The van der Waals surface area contributed by atoms with Crippen LogP contribution in [0.2, 0.25) is 0 Å². The molecule has 0 unspecified atom stereocenters. The summed E-state index contributed by atoms with van der Waals surface area (Å²) in [4.78, 5) is 0. The molecule has 1 fully saturated rings. The Bertz CT molecular complexity index is 96.7. The zero-order valence-corrected chi connectivity index (χ0v) is 8.37. The van der Waals surface area contributed by atoms with Gasteiger partial charge in [0.15, 0.2) is 0 Å². The summed E-state index contributed by atoms with van der Waals surface area (Å²) in [6.07, 6.45) is 2.30. The maximum Gasteiger partial charge on any atom is 0.248 e. The van der Waals surface area contributed by atoms with Crippen molar-refractivity contribution in [3.63, 3.8) is 0 Å². The molecule has 0 spiro atoms. The van der Waals surface area contributed by atoms with Crippen molar-refractivity contribution < 1.29 is 8.78 Å². The fourth-order valence-corrected chi connectivity index (χ4v) is 1.40. The van der Waals surface area contributed by atoms with Gasteiger partial charge < -0.3 is 6.15 Å². The average molecular weight is 181 g/mol. The summed E-state index contributed by atoms with van der Waals surface area (Å²) in [5.41, 5.74) is 0. The lowest BCUT2D eigenvalue weighted by atomic mass is 9.79. The average Bonchev–Trinajstić information content (AvgIpc) is 1.89. The molecule has 1 nitrogen and oxygen atoms in total. The van der Waals surface area contributed by atoms with Crippen molar-refractivity contribution in [1.82, 2.24) is 6.15 Å². The van der Waals surface area contributed by atoms with Gasteiger partial charge in [0.1, 0.15) is 0 Å². The van der Waals surface area contributed by atoms with Gasteiger partial charge in [0.2, 0.25) is 5.92 Å². The van der Waals surface area contributed by atoms with E-state index in [-0.39, 0.29) is 19.0 Å². The van der Waals surface area contributed by atoms with Crippen molar-refractivity contribution >= 4 is 0 Å². The molecule has 3 heteroatoms. The minimum atomic E-state index is -2.31. The lowest BCUT2D eigenvalue weighted by Crippen LogP contribution is -2.35. The Morgan fingerprint density at radius 3 is 1.92 bits per heavy atom. The van der Waals surface area contributed by atoms with Gasteiger partial charge in [-0.3, -0.25) is 0 Å². The topological polar surface area (TPSA) is 35.0 Å². The standard InChI is InChI=1S/C7H12F2.C2H6.H3N/c1-2-3-6-4-7(8,9)5-6;1-2;/h6H,2-5H2,1H3;1-2H3;1H3. The molecular weight excluding hydrogens is 160 g/mol. The van der Waals surface area contributed by atoms with E-state index in [0.717, 1.165) is 12.8 Å². The lowest BCUT2D eigenvalue weighted by molar-refractivity contribution is -0.112.